The molecule has 0 aliphatic heterocycles. The average molecular weight is 313 g/mol. The van der Waals surface area contributed by atoms with Gasteiger partial charge in [0.15, 0.2) is 9.84 Å². The van der Waals surface area contributed by atoms with Gasteiger partial charge in [0, 0.05) is 13.1 Å². The van der Waals surface area contributed by atoms with E-state index < -0.39 is 9.84 Å². The van der Waals surface area contributed by atoms with Gasteiger partial charge in [-0.1, -0.05) is 19.1 Å². The molecule has 6 heteroatoms. The molecule has 1 aromatic carbocycles. The van der Waals surface area contributed by atoms with Crippen LogP contribution in [0.5, 0.6) is 0 Å². The topological polar surface area (TPSA) is 63.7 Å². The highest BCUT2D eigenvalue weighted by molar-refractivity contribution is 7.91. The standard InChI is InChI=1S/C15H23NO4S/c1-4-12-21(18,19)14-9-7-6-8-13(14)16(5-2)11-10-15(17)20-3/h6-9H,4-5,10-12H2,1-3H3. The van der Waals surface area contributed by atoms with Crippen LogP contribution in [0, 0.1) is 0 Å². The maximum atomic E-state index is 12.3. The number of nitrogens with zero attached hydrogens (tertiary/aromatic N) is 1. The summed E-state index contributed by atoms with van der Waals surface area (Å²) < 4.78 is 29.3. The molecule has 0 aliphatic carbocycles. The normalized spacial score (nSPS) is 11.2. The van der Waals surface area contributed by atoms with Crippen LogP contribution in [0.4, 0.5) is 5.69 Å². The van der Waals surface area contributed by atoms with Gasteiger partial charge in [-0.15, -0.1) is 0 Å². The summed E-state index contributed by atoms with van der Waals surface area (Å²) in [6, 6.07) is 6.94. The molecule has 0 fully saturated rings. The fourth-order valence-electron chi connectivity index (χ4n) is 2.14. The van der Waals surface area contributed by atoms with E-state index in [2.05, 4.69) is 4.74 Å². The lowest BCUT2D eigenvalue weighted by Gasteiger charge is -2.25. The van der Waals surface area contributed by atoms with E-state index in [4.69, 9.17) is 0 Å². The number of sulfone groups is 1. The van der Waals surface area contributed by atoms with Crippen LogP contribution in [0.25, 0.3) is 0 Å². The van der Waals surface area contributed by atoms with Crippen molar-refractivity contribution >= 4 is 21.5 Å². The van der Waals surface area contributed by atoms with Gasteiger partial charge in [0.2, 0.25) is 0 Å². The Labute approximate surface area is 126 Å². The van der Waals surface area contributed by atoms with Gasteiger partial charge >= 0.3 is 5.97 Å². The zero-order valence-corrected chi connectivity index (χ0v) is 13.6. The molecule has 0 N–H and O–H groups in total. The van der Waals surface area contributed by atoms with Crippen LogP contribution < -0.4 is 4.90 Å². The highest BCUT2D eigenvalue weighted by Crippen LogP contribution is 2.26. The number of hydrogen-bond acceptors (Lipinski definition) is 5. The largest absolute Gasteiger partial charge is 0.469 e. The van der Waals surface area contributed by atoms with Crippen LogP contribution in [0.3, 0.4) is 0 Å². The Morgan fingerprint density at radius 1 is 1.24 bits per heavy atom. The van der Waals surface area contributed by atoms with Crippen molar-refractivity contribution in [2.75, 3.05) is 30.9 Å². The van der Waals surface area contributed by atoms with Crippen molar-refractivity contribution in [2.45, 2.75) is 31.6 Å². The lowest BCUT2D eigenvalue weighted by Crippen LogP contribution is -2.28. The third kappa shape index (κ3) is 4.74. The first-order chi connectivity index (χ1) is 9.96. The van der Waals surface area contributed by atoms with E-state index in [1.807, 2.05) is 18.7 Å². The van der Waals surface area contributed by atoms with Crippen molar-refractivity contribution in [3.63, 3.8) is 0 Å². The van der Waals surface area contributed by atoms with Crippen LogP contribution >= 0.6 is 0 Å². The predicted molar refractivity (Wildman–Crippen MR) is 83.3 cm³/mol. The molecule has 118 valence electrons. The Bertz CT molecular complexity index is 569. The number of carbonyl (C=O) groups is 1. The zero-order valence-electron chi connectivity index (χ0n) is 12.8. The SMILES string of the molecule is CCCS(=O)(=O)c1ccccc1N(CC)CCC(=O)OC. The summed E-state index contributed by atoms with van der Waals surface area (Å²) in [7, 11) is -1.95. The van der Waals surface area contributed by atoms with Gasteiger partial charge in [-0.3, -0.25) is 4.79 Å². The Kier molecular flexibility index (Phi) is 6.68. The molecule has 0 aromatic heterocycles. The quantitative estimate of drug-likeness (QED) is 0.689. The lowest BCUT2D eigenvalue weighted by molar-refractivity contribution is -0.140. The third-order valence-corrected chi connectivity index (χ3v) is 5.17. The van der Waals surface area contributed by atoms with Gasteiger partial charge in [0.1, 0.15) is 0 Å². The van der Waals surface area contributed by atoms with Crippen molar-refractivity contribution in [3.05, 3.63) is 24.3 Å². The fraction of sp³-hybridized carbons (Fsp3) is 0.533. The van der Waals surface area contributed by atoms with Crippen molar-refractivity contribution < 1.29 is 17.9 Å². The van der Waals surface area contributed by atoms with E-state index in [1.165, 1.54) is 7.11 Å². The molecule has 0 saturated heterocycles. The Morgan fingerprint density at radius 3 is 2.48 bits per heavy atom. The maximum absolute atomic E-state index is 12.3. The molecule has 0 radical (unpaired) electrons. The summed E-state index contributed by atoms with van der Waals surface area (Å²) in [4.78, 5) is 13.5. The van der Waals surface area contributed by atoms with E-state index in [0.717, 1.165) is 0 Å². The van der Waals surface area contributed by atoms with Crippen molar-refractivity contribution in [1.82, 2.24) is 0 Å². The minimum absolute atomic E-state index is 0.124. The average Bonchev–Trinajstić information content (AvgIpc) is 2.48. The summed E-state index contributed by atoms with van der Waals surface area (Å²) in [5, 5.41) is 0. The number of benzene rings is 1. The van der Waals surface area contributed by atoms with Crippen LogP contribution in [0.2, 0.25) is 0 Å². The van der Waals surface area contributed by atoms with Crippen molar-refractivity contribution in [1.29, 1.82) is 0 Å². The molecule has 0 bridgehead atoms. The molecule has 1 rings (SSSR count). The van der Waals surface area contributed by atoms with E-state index in [0.29, 0.717) is 30.1 Å². The Balaban J connectivity index is 3.08. The van der Waals surface area contributed by atoms with Gasteiger partial charge in [0.05, 0.1) is 29.9 Å². The zero-order chi connectivity index (χ0) is 15.9. The van der Waals surface area contributed by atoms with Crippen LogP contribution in [0.1, 0.15) is 26.7 Å². The first-order valence-corrected chi connectivity index (χ1v) is 8.75. The summed E-state index contributed by atoms with van der Waals surface area (Å²) in [5.74, 6) is -0.180. The molecule has 21 heavy (non-hydrogen) atoms. The van der Waals surface area contributed by atoms with E-state index in [9.17, 15) is 13.2 Å². The second-order valence-corrected chi connectivity index (χ2v) is 6.77. The van der Waals surface area contributed by atoms with E-state index in [-0.39, 0.29) is 18.1 Å². The summed E-state index contributed by atoms with van der Waals surface area (Å²) in [5.41, 5.74) is 0.650. The minimum atomic E-state index is -3.30. The molecular formula is C15H23NO4S. The number of esters is 1. The molecule has 5 nitrogen and oxygen atoms in total. The number of hydrogen-bond donors (Lipinski definition) is 0. The molecule has 0 spiro atoms. The third-order valence-electron chi connectivity index (χ3n) is 3.21. The Hall–Kier alpha value is -1.56. The summed E-state index contributed by atoms with van der Waals surface area (Å²) in [6.07, 6.45) is 0.803. The van der Waals surface area contributed by atoms with Gasteiger partial charge < -0.3 is 9.64 Å². The summed E-state index contributed by atoms with van der Waals surface area (Å²) in [6.45, 7) is 4.83. The smallest absolute Gasteiger partial charge is 0.307 e. The molecular weight excluding hydrogens is 290 g/mol. The summed E-state index contributed by atoms with van der Waals surface area (Å²) >= 11 is 0. The highest BCUT2D eigenvalue weighted by atomic mass is 32.2. The van der Waals surface area contributed by atoms with E-state index in [1.54, 1.807) is 24.3 Å². The number of carbonyl (C=O) groups excluding carboxylic acids is 1. The molecule has 0 heterocycles. The molecule has 0 saturated carbocycles. The van der Waals surface area contributed by atoms with Gasteiger partial charge in [-0.25, -0.2) is 8.42 Å². The van der Waals surface area contributed by atoms with Crippen LogP contribution in [-0.4, -0.2) is 40.3 Å². The van der Waals surface area contributed by atoms with Gasteiger partial charge in [-0.05, 0) is 25.5 Å². The van der Waals surface area contributed by atoms with Crippen molar-refractivity contribution in [3.8, 4) is 0 Å². The predicted octanol–water partition coefficient (Wildman–Crippen LogP) is 2.26. The first kappa shape index (κ1) is 17.5. The minimum Gasteiger partial charge on any atom is -0.469 e. The molecule has 0 aliphatic rings. The lowest BCUT2D eigenvalue weighted by atomic mass is 10.2. The van der Waals surface area contributed by atoms with Gasteiger partial charge in [0.25, 0.3) is 0 Å². The number of ether oxygens (including phenoxy) is 1. The van der Waals surface area contributed by atoms with Crippen LogP contribution in [-0.2, 0) is 19.4 Å². The highest BCUT2D eigenvalue weighted by Gasteiger charge is 2.20. The number of methoxy groups -OCH3 is 1. The monoisotopic (exact) mass is 313 g/mol. The second kappa shape index (κ2) is 8.02. The van der Waals surface area contributed by atoms with Crippen LogP contribution in [0.15, 0.2) is 29.2 Å². The van der Waals surface area contributed by atoms with Crippen molar-refractivity contribution in [2.24, 2.45) is 0 Å². The van der Waals surface area contributed by atoms with Gasteiger partial charge in [-0.2, -0.15) is 0 Å². The maximum Gasteiger partial charge on any atom is 0.307 e. The number of para-hydroxylation sites is 1. The molecule has 0 atom stereocenters. The Morgan fingerprint density at radius 2 is 1.90 bits per heavy atom. The number of anilines is 1. The van der Waals surface area contributed by atoms with E-state index >= 15 is 0 Å². The fourth-order valence-corrected chi connectivity index (χ4v) is 3.70. The molecule has 0 amide bonds. The number of rotatable bonds is 8. The first-order valence-electron chi connectivity index (χ1n) is 7.09. The molecule has 1 aromatic rings. The second-order valence-electron chi connectivity index (χ2n) is 4.69. The molecule has 0 unspecified atom stereocenters.